The quantitative estimate of drug-likeness (QED) is 0.419. The zero-order valence-corrected chi connectivity index (χ0v) is 19.5. The average molecular weight is 506 g/mol. The van der Waals surface area contributed by atoms with Gasteiger partial charge in [-0.15, -0.1) is 0 Å². The minimum Gasteiger partial charge on any atom is -0.360 e. The molecule has 0 bridgehead atoms. The van der Waals surface area contributed by atoms with Crippen molar-refractivity contribution in [2.24, 2.45) is 0 Å². The fraction of sp³-hybridized carbons (Fsp3) is 0.286. The lowest BCUT2D eigenvalue weighted by molar-refractivity contribution is -0.136. The van der Waals surface area contributed by atoms with Crippen molar-refractivity contribution in [1.82, 2.24) is 39.6 Å². The van der Waals surface area contributed by atoms with Crippen LogP contribution in [0.15, 0.2) is 37.2 Å². The number of hydrogen-bond acceptors (Lipinski definition) is 8. The minimum absolute atomic E-state index is 0.0998. The van der Waals surface area contributed by atoms with Crippen LogP contribution in [0.25, 0.3) is 16.7 Å². The van der Waals surface area contributed by atoms with Gasteiger partial charge in [0.2, 0.25) is 0 Å². The lowest BCUT2D eigenvalue weighted by atomic mass is 10.1. The second-order valence-corrected chi connectivity index (χ2v) is 7.98. The zero-order valence-electron chi connectivity index (χ0n) is 18.7. The number of amides is 1. The Balaban J connectivity index is 1.69. The number of nitrogens with one attached hydrogen (secondary N) is 1. The van der Waals surface area contributed by atoms with Crippen molar-refractivity contribution < 1.29 is 18.0 Å². The van der Waals surface area contributed by atoms with Gasteiger partial charge in [0.15, 0.2) is 11.6 Å². The smallest absolute Gasteiger partial charge is 0.360 e. The van der Waals surface area contributed by atoms with E-state index in [0.717, 1.165) is 12.4 Å². The highest BCUT2D eigenvalue weighted by molar-refractivity contribution is 6.31. The Bertz CT molecular complexity index is 1390. The van der Waals surface area contributed by atoms with Crippen molar-refractivity contribution in [3.05, 3.63) is 59.3 Å². The molecular formula is C21H19ClF3N9O. The van der Waals surface area contributed by atoms with Gasteiger partial charge in [0.25, 0.3) is 5.91 Å². The largest absolute Gasteiger partial charge is 0.418 e. The Morgan fingerprint density at radius 3 is 2.57 bits per heavy atom. The van der Waals surface area contributed by atoms with Gasteiger partial charge in [-0.2, -0.15) is 23.0 Å². The first-order valence-corrected chi connectivity index (χ1v) is 10.7. The fourth-order valence-corrected chi connectivity index (χ4v) is 3.59. The third-order valence-electron chi connectivity index (χ3n) is 5.23. The van der Waals surface area contributed by atoms with E-state index in [1.807, 2.05) is 6.92 Å². The van der Waals surface area contributed by atoms with Gasteiger partial charge in [-0.05, 0) is 26.0 Å². The summed E-state index contributed by atoms with van der Waals surface area (Å²) >= 11 is 5.96. The number of aromatic nitrogens is 7. The number of halogens is 4. The molecule has 14 heteroatoms. The van der Waals surface area contributed by atoms with Crippen LogP contribution in [0.4, 0.5) is 19.0 Å². The van der Waals surface area contributed by atoms with E-state index in [4.69, 9.17) is 11.6 Å². The van der Waals surface area contributed by atoms with Crippen LogP contribution >= 0.6 is 11.6 Å². The maximum absolute atomic E-state index is 13.5. The number of hydrogen-bond donors (Lipinski definition) is 1. The van der Waals surface area contributed by atoms with Crippen molar-refractivity contribution in [2.75, 3.05) is 18.9 Å². The van der Waals surface area contributed by atoms with Gasteiger partial charge < -0.3 is 10.2 Å². The second-order valence-electron chi connectivity index (χ2n) is 7.55. The number of carbonyl (C=O) groups excluding carboxylic acids is 1. The van der Waals surface area contributed by atoms with Gasteiger partial charge in [-0.3, -0.25) is 4.79 Å². The van der Waals surface area contributed by atoms with Crippen molar-refractivity contribution in [3.8, 4) is 5.82 Å². The summed E-state index contributed by atoms with van der Waals surface area (Å²) in [5, 5.41) is 7.23. The summed E-state index contributed by atoms with van der Waals surface area (Å²) in [6.45, 7) is 4.06. The molecule has 3 heterocycles. The summed E-state index contributed by atoms with van der Waals surface area (Å²) in [4.78, 5) is 34.4. The van der Waals surface area contributed by atoms with Crippen molar-refractivity contribution in [2.45, 2.75) is 26.1 Å². The van der Waals surface area contributed by atoms with E-state index >= 15 is 0 Å². The molecule has 4 rings (SSSR count). The monoisotopic (exact) mass is 505 g/mol. The fourth-order valence-electron chi connectivity index (χ4n) is 3.37. The van der Waals surface area contributed by atoms with Crippen LogP contribution in [0.3, 0.4) is 0 Å². The molecule has 1 aromatic carbocycles. The molecule has 0 saturated carbocycles. The molecule has 0 aliphatic rings. The molecule has 0 fully saturated rings. The van der Waals surface area contributed by atoms with E-state index in [9.17, 15) is 18.0 Å². The molecule has 1 amide bonds. The van der Waals surface area contributed by atoms with Crippen LogP contribution in [0.2, 0.25) is 5.02 Å². The highest BCUT2D eigenvalue weighted by Gasteiger charge is 2.34. The maximum Gasteiger partial charge on any atom is 0.418 e. The Labute approximate surface area is 202 Å². The predicted molar refractivity (Wildman–Crippen MR) is 121 cm³/mol. The van der Waals surface area contributed by atoms with Gasteiger partial charge >= 0.3 is 6.18 Å². The summed E-state index contributed by atoms with van der Waals surface area (Å²) in [6, 6.07) is 3.08. The summed E-state index contributed by atoms with van der Waals surface area (Å²) in [5.74, 6) is 0.515. The van der Waals surface area contributed by atoms with Crippen LogP contribution in [0.1, 0.15) is 41.8 Å². The lowest BCUT2D eigenvalue weighted by Gasteiger charge is -2.18. The van der Waals surface area contributed by atoms with E-state index in [1.165, 1.54) is 34.4 Å². The first kappa shape index (κ1) is 24.3. The second kappa shape index (κ2) is 9.41. The summed E-state index contributed by atoms with van der Waals surface area (Å²) in [5.41, 5.74) is -1.07. The van der Waals surface area contributed by atoms with Crippen LogP contribution in [-0.4, -0.2) is 59.1 Å². The molecule has 35 heavy (non-hydrogen) atoms. The summed E-state index contributed by atoms with van der Waals surface area (Å²) in [7, 11) is 1.65. The Morgan fingerprint density at radius 2 is 1.86 bits per heavy atom. The van der Waals surface area contributed by atoms with Gasteiger partial charge in [-0.25, -0.2) is 24.9 Å². The predicted octanol–water partition coefficient (Wildman–Crippen LogP) is 3.94. The van der Waals surface area contributed by atoms with Crippen LogP contribution < -0.4 is 5.32 Å². The van der Waals surface area contributed by atoms with Gasteiger partial charge in [0, 0.05) is 30.1 Å². The third kappa shape index (κ3) is 4.85. The number of fused-ring (bicyclic) bond motifs is 1. The summed E-state index contributed by atoms with van der Waals surface area (Å²) in [6.07, 6.45) is -1.06. The average Bonchev–Trinajstić information content (AvgIpc) is 3.33. The van der Waals surface area contributed by atoms with Gasteiger partial charge in [0.05, 0.1) is 17.1 Å². The topological polar surface area (TPSA) is 115 Å². The Morgan fingerprint density at radius 1 is 1.11 bits per heavy atom. The van der Waals surface area contributed by atoms with Crippen molar-refractivity contribution in [3.63, 3.8) is 0 Å². The maximum atomic E-state index is 13.5. The molecule has 0 spiro atoms. The highest BCUT2D eigenvalue weighted by atomic mass is 35.5. The molecule has 0 radical (unpaired) electrons. The van der Waals surface area contributed by atoms with Crippen LogP contribution in [-0.2, 0) is 6.18 Å². The molecule has 0 unspecified atom stereocenters. The Hall–Kier alpha value is -3.87. The molecule has 10 nitrogen and oxygen atoms in total. The number of carbonyl (C=O) groups is 1. The van der Waals surface area contributed by atoms with Crippen molar-refractivity contribution in [1.29, 1.82) is 0 Å². The normalized spacial score (nSPS) is 12.5. The van der Waals surface area contributed by atoms with Crippen LogP contribution in [0.5, 0.6) is 0 Å². The third-order valence-corrected chi connectivity index (χ3v) is 5.45. The van der Waals surface area contributed by atoms with Gasteiger partial charge in [0.1, 0.15) is 30.5 Å². The van der Waals surface area contributed by atoms with E-state index in [0.29, 0.717) is 18.2 Å². The van der Waals surface area contributed by atoms with E-state index in [-0.39, 0.29) is 33.3 Å². The highest BCUT2D eigenvalue weighted by Crippen LogP contribution is 2.38. The minimum atomic E-state index is -4.64. The van der Waals surface area contributed by atoms with E-state index in [1.54, 1.807) is 14.0 Å². The Kier molecular flexibility index (Phi) is 6.52. The van der Waals surface area contributed by atoms with E-state index < -0.39 is 17.8 Å². The molecule has 3 aromatic heterocycles. The first-order chi connectivity index (χ1) is 16.6. The molecule has 182 valence electrons. The lowest BCUT2D eigenvalue weighted by Crippen LogP contribution is -2.27. The SMILES string of the molecule is CCN(C)C(=O)c1cc(-n2ncnc2[C@H](C)Nc2ncnc3c(C(F)(F)F)cc(Cl)cc23)ncn1. The van der Waals surface area contributed by atoms with Crippen LogP contribution in [0, 0.1) is 0 Å². The number of benzene rings is 1. The number of alkyl halides is 3. The number of nitrogens with zero attached hydrogens (tertiary/aromatic N) is 8. The number of anilines is 1. The molecular weight excluding hydrogens is 487 g/mol. The first-order valence-electron chi connectivity index (χ1n) is 10.4. The number of rotatable bonds is 6. The van der Waals surface area contributed by atoms with Gasteiger partial charge in [-0.1, -0.05) is 11.6 Å². The molecule has 0 aliphatic carbocycles. The molecule has 1 atom stereocenters. The summed E-state index contributed by atoms with van der Waals surface area (Å²) < 4.78 is 42.0. The molecule has 4 aromatic rings. The van der Waals surface area contributed by atoms with Crippen molar-refractivity contribution >= 4 is 34.2 Å². The molecule has 1 N–H and O–H groups in total. The molecule has 0 saturated heterocycles. The zero-order chi connectivity index (χ0) is 25.3. The van der Waals surface area contributed by atoms with E-state index in [2.05, 4.69) is 35.3 Å². The standard InChI is InChI=1S/C21H19ClF3N9O/c1-4-33(3)20(35)15-7-16(27-8-26-15)34-19(30-10-31-34)11(2)32-18-13-5-12(22)6-14(21(23,24)25)17(13)28-9-29-18/h5-11H,4H2,1-3H3,(H,28,29,32)/t11-/m0/s1. The molecule has 0 aliphatic heterocycles.